The molecule has 1 fully saturated rings. The fourth-order valence-corrected chi connectivity index (χ4v) is 2.98. The lowest BCUT2D eigenvalue weighted by atomic mass is 10.0. The fraction of sp³-hybridized carbons (Fsp3) is 0.769. The summed E-state index contributed by atoms with van der Waals surface area (Å²) in [4.78, 5) is 6.63. The first kappa shape index (κ1) is 14.2. The SMILES string of the molecule is CC(C)c1nnc(CN=C(N)N2CCC[C@H](C)C2)s1. The molecule has 2 N–H and O–H groups in total. The van der Waals surface area contributed by atoms with Crippen LogP contribution in [0, 0.1) is 5.92 Å². The molecule has 0 radical (unpaired) electrons. The first-order valence-corrected chi connectivity index (χ1v) is 7.75. The van der Waals surface area contributed by atoms with Gasteiger partial charge in [-0.1, -0.05) is 32.1 Å². The van der Waals surface area contributed by atoms with Crippen LogP contribution in [0.2, 0.25) is 0 Å². The highest BCUT2D eigenvalue weighted by molar-refractivity contribution is 7.11. The lowest BCUT2D eigenvalue weighted by molar-refractivity contribution is 0.270. The number of likely N-dealkylation sites (tertiary alicyclic amines) is 1. The van der Waals surface area contributed by atoms with E-state index in [2.05, 4.69) is 40.9 Å². The van der Waals surface area contributed by atoms with Crippen molar-refractivity contribution in [2.45, 2.75) is 46.1 Å². The average molecular weight is 281 g/mol. The number of hydrogen-bond donors (Lipinski definition) is 1. The van der Waals surface area contributed by atoms with Gasteiger partial charge in [0.1, 0.15) is 10.0 Å². The predicted octanol–water partition coefficient (Wildman–Crippen LogP) is 2.21. The van der Waals surface area contributed by atoms with E-state index in [1.165, 1.54) is 12.8 Å². The molecule has 2 rings (SSSR count). The molecule has 0 amide bonds. The summed E-state index contributed by atoms with van der Waals surface area (Å²) in [5.74, 6) is 1.78. The van der Waals surface area contributed by atoms with E-state index < -0.39 is 0 Å². The van der Waals surface area contributed by atoms with Gasteiger partial charge in [0.25, 0.3) is 0 Å². The van der Waals surface area contributed by atoms with Gasteiger partial charge >= 0.3 is 0 Å². The van der Waals surface area contributed by atoms with Gasteiger partial charge < -0.3 is 10.6 Å². The maximum absolute atomic E-state index is 6.06. The number of nitrogens with two attached hydrogens (primary N) is 1. The number of rotatable bonds is 3. The van der Waals surface area contributed by atoms with E-state index in [0.717, 1.165) is 23.1 Å². The zero-order chi connectivity index (χ0) is 13.8. The van der Waals surface area contributed by atoms with Crippen molar-refractivity contribution in [1.29, 1.82) is 0 Å². The van der Waals surface area contributed by atoms with Gasteiger partial charge in [-0.3, -0.25) is 0 Å². The van der Waals surface area contributed by atoms with E-state index in [0.29, 0.717) is 24.3 Å². The summed E-state index contributed by atoms with van der Waals surface area (Å²) in [5, 5.41) is 10.3. The van der Waals surface area contributed by atoms with Gasteiger partial charge in [-0.05, 0) is 18.8 Å². The molecular weight excluding hydrogens is 258 g/mol. The zero-order valence-electron chi connectivity index (χ0n) is 12.0. The molecule has 1 atom stereocenters. The van der Waals surface area contributed by atoms with Crippen LogP contribution < -0.4 is 5.73 Å². The number of nitrogens with zero attached hydrogens (tertiary/aromatic N) is 4. The maximum Gasteiger partial charge on any atom is 0.191 e. The van der Waals surface area contributed by atoms with Crippen LogP contribution in [-0.2, 0) is 6.54 Å². The Labute approximate surface area is 118 Å². The summed E-state index contributed by atoms with van der Waals surface area (Å²) in [5.41, 5.74) is 6.06. The van der Waals surface area contributed by atoms with Crippen molar-refractivity contribution in [2.75, 3.05) is 13.1 Å². The second-order valence-electron chi connectivity index (χ2n) is 5.56. The molecule has 5 nitrogen and oxygen atoms in total. The number of aromatic nitrogens is 2. The number of aliphatic imine (C=N–C) groups is 1. The molecule has 0 aliphatic carbocycles. The van der Waals surface area contributed by atoms with Crippen LogP contribution in [0.15, 0.2) is 4.99 Å². The average Bonchev–Trinajstić information content (AvgIpc) is 2.85. The summed E-state index contributed by atoms with van der Waals surface area (Å²) < 4.78 is 0. The van der Waals surface area contributed by atoms with Crippen molar-refractivity contribution in [2.24, 2.45) is 16.6 Å². The molecule has 0 aromatic carbocycles. The lowest BCUT2D eigenvalue weighted by Gasteiger charge is -2.31. The summed E-state index contributed by atoms with van der Waals surface area (Å²) in [6.07, 6.45) is 2.49. The highest BCUT2D eigenvalue weighted by Gasteiger charge is 2.17. The van der Waals surface area contributed by atoms with Crippen LogP contribution >= 0.6 is 11.3 Å². The van der Waals surface area contributed by atoms with Gasteiger partial charge in [-0.2, -0.15) is 0 Å². The van der Waals surface area contributed by atoms with Gasteiger partial charge in [-0.15, -0.1) is 10.2 Å². The van der Waals surface area contributed by atoms with Crippen molar-refractivity contribution in [1.82, 2.24) is 15.1 Å². The molecule has 2 heterocycles. The van der Waals surface area contributed by atoms with Gasteiger partial charge in [0.05, 0.1) is 6.54 Å². The second-order valence-corrected chi connectivity index (χ2v) is 6.65. The Morgan fingerprint density at radius 2 is 2.32 bits per heavy atom. The Balaban J connectivity index is 1.93. The molecular formula is C13H23N5S. The second kappa shape index (κ2) is 6.32. The smallest absolute Gasteiger partial charge is 0.191 e. The molecule has 0 spiro atoms. The van der Waals surface area contributed by atoms with Crippen molar-refractivity contribution in [3.63, 3.8) is 0 Å². The van der Waals surface area contributed by atoms with Crippen LogP contribution in [0.4, 0.5) is 0 Å². The van der Waals surface area contributed by atoms with Crippen LogP contribution in [0.1, 0.15) is 49.5 Å². The quantitative estimate of drug-likeness (QED) is 0.681. The van der Waals surface area contributed by atoms with Crippen molar-refractivity contribution >= 4 is 17.3 Å². The third kappa shape index (κ3) is 3.89. The molecule has 0 bridgehead atoms. The molecule has 106 valence electrons. The molecule has 19 heavy (non-hydrogen) atoms. The molecule has 1 aromatic rings. The minimum Gasteiger partial charge on any atom is -0.370 e. The van der Waals surface area contributed by atoms with Crippen molar-refractivity contribution < 1.29 is 0 Å². The predicted molar refractivity (Wildman–Crippen MR) is 79.3 cm³/mol. The third-order valence-electron chi connectivity index (χ3n) is 3.33. The van der Waals surface area contributed by atoms with Crippen LogP contribution in [0.25, 0.3) is 0 Å². The van der Waals surface area contributed by atoms with E-state index in [9.17, 15) is 0 Å². The number of guanidine groups is 1. The molecule has 1 saturated heterocycles. The highest BCUT2D eigenvalue weighted by atomic mass is 32.1. The summed E-state index contributed by atoms with van der Waals surface area (Å²) in [6.45, 7) is 9.09. The molecule has 1 aliphatic rings. The lowest BCUT2D eigenvalue weighted by Crippen LogP contribution is -2.43. The monoisotopic (exact) mass is 281 g/mol. The summed E-state index contributed by atoms with van der Waals surface area (Å²) in [7, 11) is 0. The number of hydrogen-bond acceptors (Lipinski definition) is 4. The largest absolute Gasteiger partial charge is 0.370 e. The summed E-state index contributed by atoms with van der Waals surface area (Å²) in [6, 6.07) is 0. The Hall–Kier alpha value is -1.17. The molecule has 1 aromatic heterocycles. The molecule has 6 heteroatoms. The van der Waals surface area contributed by atoms with Crippen molar-refractivity contribution in [3.8, 4) is 0 Å². The fourth-order valence-electron chi connectivity index (χ4n) is 2.21. The Morgan fingerprint density at radius 3 is 2.95 bits per heavy atom. The number of piperidine rings is 1. The van der Waals surface area contributed by atoms with Gasteiger partial charge in [0.2, 0.25) is 0 Å². The van der Waals surface area contributed by atoms with Gasteiger partial charge in [0.15, 0.2) is 5.96 Å². The first-order valence-electron chi connectivity index (χ1n) is 6.93. The minimum atomic E-state index is 0.426. The van der Waals surface area contributed by atoms with E-state index in [4.69, 9.17) is 5.73 Å². The topological polar surface area (TPSA) is 67.4 Å². The van der Waals surface area contributed by atoms with Gasteiger partial charge in [0, 0.05) is 19.0 Å². The highest BCUT2D eigenvalue weighted by Crippen LogP contribution is 2.19. The molecule has 0 saturated carbocycles. The molecule has 1 aliphatic heterocycles. The van der Waals surface area contributed by atoms with Crippen molar-refractivity contribution in [3.05, 3.63) is 10.0 Å². The Bertz CT molecular complexity index is 440. The Kier molecular flexibility index (Phi) is 4.74. The van der Waals surface area contributed by atoms with E-state index in [1.807, 2.05) is 0 Å². The molecule has 0 unspecified atom stereocenters. The van der Waals surface area contributed by atoms with Crippen LogP contribution in [0.5, 0.6) is 0 Å². The van der Waals surface area contributed by atoms with E-state index in [1.54, 1.807) is 11.3 Å². The normalized spacial score (nSPS) is 21.2. The first-order chi connectivity index (χ1) is 9.06. The maximum atomic E-state index is 6.06. The van der Waals surface area contributed by atoms with Gasteiger partial charge in [-0.25, -0.2) is 4.99 Å². The third-order valence-corrected chi connectivity index (χ3v) is 4.54. The van der Waals surface area contributed by atoms with E-state index in [-0.39, 0.29) is 0 Å². The Morgan fingerprint density at radius 1 is 1.53 bits per heavy atom. The minimum absolute atomic E-state index is 0.426. The standard InChI is InChI=1S/C13H23N5S/c1-9(2)12-17-16-11(19-12)7-15-13(14)18-6-4-5-10(3)8-18/h9-10H,4-8H2,1-3H3,(H2,14,15)/t10-/m0/s1. The zero-order valence-corrected chi connectivity index (χ0v) is 12.8. The van der Waals surface area contributed by atoms with Crippen LogP contribution in [-0.4, -0.2) is 34.1 Å². The van der Waals surface area contributed by atoms with E-state index >= 15 is 0 Å². The van der Waals surface area contributed by atoms with Crippen LogP contribution in [0.3, 0.4) is 0 Å². The summed E-state index contributed by atoms with van der Waals surface area (Å²) >= 11 is 1.63.